The number of benzene rings is 1. The first-order chi connectivity index (χ1) is 21.4. The predicted octanol–water partition coefficient (Wildman–Crippen LogP) is 0.258. The molecule has 248 valence electrons. The minimum absolute atomic E-state index is 0.0754. The minimum atomic E-state index is -1.83. The van der Waals surface area contributed by atoms with Crippen molar-refractivity contribution in [3.63, 3.8) is 0 Å². The van der Waals surface area contributed by atoms with Crippen LogP contribution in [0.1, 0.15) is 30.1 Å². The van der Waals surface area contributed by atoms with Crippen LogP contribution in [0.3, 0.4) is 0 Å². The van der Waals surface area contributed by atoms with Gasteiger partial charge in [0.2, 0.25) is 0 Å². The standard InChI is InChI=1S/C33H45NO11/c1-16(35)45-33-21-18(13-31(39,28(43-6)26(33)37)27(21)44-29(38)17-10-8-7-9-11-17)32-20(41-4)12-19(36)30(15-40-3)14-34(2)25(32)22(33)23(42-5)24(30)32/h7-11,18-28,36-37,39H,12-15H2,1-6H3/t18-,19+,20+,21-,22-,23-,24+,25+,26-,27+,28-,30-,31+,32-,33+/m0/s1. The first kappa shape index (κ1) is 31.4. The van der Waals surface area contributed by atoms with Gasteiger partial charge in [-0.1, -0.05) is 18.2 Å². The number of nitrogens with zero attached hydrogens (tertiary/aromatic N) is 1. The average molecular weight is 632 g/mol. The molecule has 6 aliphatic rings. The van der Waals surface area contributed by atoms with E-state index in [0.29, 0.717) is 18.5 Å². The third kappa shape index (κ3) is 3.55. The molecule has 0 unspecified atom stereocenters. The zero-order valence-corrected chi connectivity index (χ0v) is 26.6. The maximum absolute atomic E-state index is 13.7. The van der Waals surface area contributed by atoms with Crippen molar-refractivity contribution in [2.75, 3.05) is 48.6 Å². The van der Waals surface area contributed by atoms with Gasteiger partial charge in [-0.3, -0.25) is 4.79 Å². The van der Waals surface area contributed by atoms with Crippen LogP contribution in [0.15, 0.2) is 30.3 Å². The maximum Gasteiger partial charge on any atom is 0.338 e. The number of hydrogen-bond acceptors (Lipinski definition) is 12. The van der Waals surface area contributed by atoms with Crippen molar-refractivity contribution in [1.29, 1.82) is 0 Å². The first-order valence-electron chi connectivity index (χ1n) is 15.8. The third-order valence-electron chi connectivity index (χ3n) is 12.9. The molecule has 1 saturated heterocycles. The molecule has 5 aliphatic carbocycles. The highest BCUT2D eigenvalue weighted by atomic mass is 16.6. The van der Waals surface area contributed by atoms with Crippen molar-refractivity contribution < 1.29 is 53.3 Å². The Balaban J connectivity index is 1.52. The van der Waals surface area contributed by atoms with Crippen molar-refractivity contribution in [3.05, 3.63) is 35.9 Å². The lowest BCUT2D eigenvalue weighted by molar-refractivity contribution is -0.321. The van der Waals surface area contributed by atoms with Crippen molar-refractivity contribution in [2.24, 2.45) is 34.5 Å². The number of rotatable bonds is 8. The molecular weight excluding hydrogens is 586 g/mol. The number of carbonyl (C=O) groups is 2. The van der Waals surface area contributed by atoms with E-state index < -0.39 is 88.3 Å². The number of esters is 2. The summed E-state index contributed by atoms with van der Waals surface area (Å²) in [5, 5.41) is 37.0. The Morgan fingerprint density at radius 1 is 1.00 bits per heavy atom. The molecule has 3 N–H and O–H groups in total. The summed E-state index contributed by atoms with van der Waals surface area (Å²) in [6.45, 7) is 2.00. The molecule has 7 rings (SSSR count). The summed E-state index contributed by atoms with van der Waals surface area (Å²) in [6, 6.07) is 8.15. The Kier molecular flexibility index (Phi) is 7.28. The molecule has 1 spiro atoms. The van der Waals surface area contributed by atoms with Gasteiger partial charge in [0.05, 0.1) is 30.5 Å². The Morgan fingerprint density at radius 2 is 1.71 bits per heavy atom. The molecule has 15 atom stereocenters. The Bertz CT molecular complexity index is 1350. The molecule has 6 fully saturated rings. The summed E-state index contributed by atoms with van der Waals surface area (Å²) in [6.07, 6.45) is -5.50. The summed E-state index contributed by atoms with van der Waals surface area (Å²) in [4.78, 5) is 29.1. The summed E-state index contributed by atoms with van der Waals surface area (Å²) < 4.78 is 37.2. The van der Waals surface area contributed by atoms with Gasteiger partial charge in [-0.2, -0.15) is 0 Å². The second kappa shape index (κ2) is 10.4. The van der Waals surface area contributed by atoms with Gasteiger partial charge < -0.3 is 48.6 Å². The number of ether oxygens (including phenoxy) is 6. The van der Waals surface area contributed by atoms with Gasteiger partial charge in [-0.25, -0.2) is 4.79 Å². The SMILES string of the molecule is COC[C@]12CN(C)[C@@H]3[C@@H]4[C@H](OC)[C@H]1[C@@]3([C@H](OC)C[C@H]2O)[C@H]1C[C@@]2(O)[C@H](OC(=O)c3ccccc3)[C@H]1[C@]4(OC(C)=O)[C@@H](O)[C@@H]2OC. The molecule has 1 heterocycles. The van der Waals surface area contributed by atoms with Crippen LogP contribution in [-0.2, 0) is 33.2 Å². The molecule has 45 heavy (non-hydrogen) atoms. The smallest absolute Gasteiger partial charge is 0.338 e. The number of hydrogen-bond donors (Lipinski definition) is 3. The number of likely N-dealkylation sites (tertiary alicyclic amines) is 1. The van der Waals surface area contributed by atoms with Crippen LogP contribution in [0.4, 0.5) is 0 Å². The number of fused-ring (bicyclic) bond motifs is 2. The highest BCUT2D eigenvalue weighted by molar-refractivity contribution is 5.89. The fraction of sp³-hybridized carbons (Fsp3) is 0.758. The Hall–Kier alpha value is -2.16. The first-order valence-corrected chi connectivity index (χ1v) is 15.8. The van der Waals surface area contributed by atoms with Crippen LogP contribution in [0.25, 0.3) is 0 Å². The molecule has 0 aromatic heterocycles. The molecule has 1 aromatic rings. The number of piperidine rings is 1. The quantitative estimate of drug-likeness (QED) is 0.337. The topological polar surface area (TPSA) is 153 Å². The number of carbonyl (C=O) groups excluding carboxylic acids is 2. The minimum Gasteiger partial charge on any atom is -0.455 e. The van der Waals surface area contributed by atoms with Crippen molar-refractivity contribution in [3.8, 4) is 0 Å². The lowest BCUT2D eigenvalue weighted by Gasteiger charge is -2.70. The molecule has 5 saturated carbocycles. The molecule has 1 aromatic carbocycles. The van der Waals surface area contributed by atoms with Gasteiger partial charge >= 0.3 is 11.9 Å². The fourth-order valence-electron chi connectivity index (χ4n) is 12.2. The molecule has 12 heteroatoms. The second-order valence-corrected chi connectivity index (χ2v) is 14.3. The molecular formula is C33H45NO11. The highest BCUT2D eigenvalue weighted by Crippen LogP contribution is 2.80. The summed E-state index contributed by atoms with van der Waals surface area (Å²) >= 11 is 0. The van der Waals surface area contributed by atoms with Gasteiger partial charge in [0.15, 0.2) is 5.60 Å². The lowest BCUT2D eigenvalue weighted by atomic mass is 9.42. The van der Waals surface area contributed by atoms with Crippen LogP contribution >= 0.6 is 0 Å². The highest BCUT2D eigenvalue weighted by Gasteiger charge is 2.92. The summed E-state index contributed by atoms with van der Waals surface area (Å²) in [5.41, 5.74) is -4.79. The number of aliphatic hydroxyl groups excluding tert-OH is 2. The Labute approximate surface area is 262 Å². The van der Waals surface area contributed by atoms with Gasteiger partial charge in [-0.05, 0) is 31.5 Å². The van der Waals surface area contributed by atoms with Gasteiger partial charge in [0.1, 0.15) is 23.9 Å². The zero-order valence-electron chi connectivity index (χ0n) is 26.6. The second-order valence-electron chi connectivity index (χ2n) is 14.3. The van der Waals surface area contributed by atoms with Crippen molar-refractivity contribution in [2.45, 2.75) is 73.6 Å². The molecule has 1 aliphatic heterocycles. The van der Waals surface area contributed by atoms with E-state index in [2.05, 4.69) is 4.90 Å². The van der Waals surface area contributed by atoms with Crippen LogP contribution in [-0.4, -0.2) is 135 Å². The van der Waals surface area contributed by atoms with Gasteiger partial charge in [0.25, 0.3) is 0 Å². The van der Waals surface area contributed by atoms with E-state index in [1.54, 1.807) is 51.7 Å². The van der Waals surface area contributed by atoms with Gasteiger partial charge in [0, 0.05) is 83.0 Å². The van der Waals surface area contributed by atoms with E-state index in [0.717, 1.165) is 0 Å². The fourth-order valence-corrected chi connectivity index (χ4v) is 12.2. The lowest BCUT2D eigenvalue weighted by Crippen LogP contribution is -2.81. The summed E-state index contributed by atoms with van der Waals surface area (Å²) in [7, 11) is 8.20. The molecule has 0 amide bonds. The van der Waals surface area contributed by atoms with E-state index in [-0.39, 0.29) is 25.0 Å². The van der Waals surface area contributed by atoms with E-state index in [1.807, 2.05) is 7.05 Å². The van der Waals surface area contributed by atoms with Crippen molar-refractivity contribution in [1.82, 2.24) is 4.90 Å². The summed E-state index contributed by atoms with van der Waals surface area (Å²) in [5.74, 6) is -3.66. The molecule has 7 bridgehead atoms. The van der Waals surface area contributed by atoms with Crippen LogP contribution < -0.4 is 0 Å². The van der Waals surface area contributed by atoms with E-state index in [4.69, 9.17) is 28.4 Å². The van der Waals surface area contributed by atoms with Crippen molar-refractivity contribution >= 4 is 11.9 Å². The monoisotopic (exact) mass is 631 g/mol. The van der Waals surface area contributed by atoms with E-state index in [1.165, 1.54) is 14.0 Å². The number of methoxy groups -OCH3 is 4. The van der Waals surface area contributed by atoms with Crippen LogP contribution in [0.5, 0.6) is 0 Å². The van der Waals surface area contributed by atoms with Gasteiger partial charge in [-0.15, -0.1) is 0 Å². The predicted molar refractivity (Wildman–Crippen MR) is 156 cm³/mol. The van der Waals surface area contributed by atoms with Crippen LogP contribution in [0.2, 0.25) is 0 Å². The van der Waals surface area contributed by atoms with Crippen LogP contribution in [0, 0.1) is 34.5 Å². The Morgan fingerprint density at radius 3 is 2.31 bits per heavy atom. The molecule has 12 nitrogen and oxygen atoms in total. The normalized spacial score (nSPS) is 50.7. The third-order valence-corrected chi connectivity index (χ3v) is 12.9. The largest absolute Gasteiger partial charge is 0.455 e. The zero-order chi connectivity index (χ0) is 32.3. The van der Waals surface area contributed by atoms with E-state index >= 15 is 0 Å². The maximum atomic E-state index is 13.7. The molecule has 0 radical (unpaired) electrons. The number of aliphatic hydroxyl groups is 3. The van der Waals surface area contributed by atoms with E-state index in [9.17, 15) is 24.9 Å². The average Bonchev–Trinajstić information content (AvgIpc) is 3.40.